The summed E-state index contributed by atoms with van der Waals surface area (Å²) in [5, 5.41) is 9.40. The van der Waals surface area contributed by atoms with Crippen molar-refractivity contribution in [2.75, 3.05) is 0 Å². The molecule has 3 nitrogen and oxygen atoms in total. The summed E-state index contributed by atoms with van der Waals surface area (Å²) in [6.45, 7) is 0.0300. The van der Waals surface area contributed by atoms with Gasteiger partial charge < -0.3 is 9.84 Å². The maximum absolute atomic E-state index is 13.0. The van der Waals surface area contributed by atoms with E-state index in [0.717, 1.165) is 0 Å². The third-order valence-electron chi connectivity index (χ3n) is 2.49. The zero-order valence-corrected chi connectivity index (χ0v) is 10.5. The molecule has 98 valence electrons. The fraction of sp³-hybridized carbons (Fsp3) is 0.0714. The lowest BCUT2D eigenvalue weighted by atomic mass is 10.1. The van der Waals surface area contributed by atoms with Gasteiger partial charge in [0.1, 0.15) is 18.2 Å². The van der Waals surface area contributed by atoms with Crippen molar-refractivity contribution in [1.82, 2.24) is 0 Å². The predicted octanol–water partition coefficient (Wildman–Crippen LogP) is 3.76. The number of halogens is 2. The molecular formula is C14H10ClFO3. The maximum atomic E-state index is 13.0. The van der Waals surface area contributed by atoms with Crippen LogP contribution in [0.3, 0.4) is 0 Å². The van der Waals surface area contributed by atoms with E-state index in [9.17, 15) is 9.18 Å². The second-order valence-electron chi connectivity index (χ2n) is 3.85. The molecule has 0 bridgehead atoms. The lowest BCUT2D eigenvalue weighted by Crippen LogP contribution is -2.05. The van der Waals surface area contributed by atoms with Gasteiger partial charge in [-0.05, 0) is 24.3 Å². The standard InChI is InChI=1S/C14H10ClFO3/c15-10-5-4-9(13(6-10)14(17)18)8-19-12-3-1-2-11(16)7-12/h1-7H,8H2,(H,17,18). The normalized spacial score (nSPS) is 10.2. The van der Waals surface area contributed by atoms with Gasteiger partial charge in [0.05, 0.1) is 5.56 Å². The molecule has 2 aromatic carbocycles. The van der Waals surface area contributed by atoms with Gasteiger partial charge in [0.15, 0.2) is 0 Å². The van der Waals surface area contributed by atoms with E-state index in [1.165, 1.54) is 24.3 Å². The van der Waals surface area contributed by atoms with Gasteiger partial charge >= 0.3 is 5.97 Å². The number of carboxylic acids is 1. The van der Waals surface area contributed by atoms with E-state index in [1.54, 1.807) is 18.2 Å². The quantitative estimate of drug-likeness (QED) is 0.927. The number of aromatic carboxylic acids is 1. The summed E-state index contributed by atoms with van der Waals surface area (Å²) in [6.07, 6.45) is 0. The van der Waals surface area contributed by atoms with Crippen LogP contribution in [0.15, 0.2) is 42.5 Å². The zero-order chi connectivity index (χ0) is 13.8. The summed E-state index contributed by atoms with van der Waals surface area (Å²) in [5.74, 6) is -1.15. The number of carboxylic acid groups (broad SMARTS) is 1. The van der Waals surface area contributed by atoms with Crippen LogP contribution >= 0.6 is 11.6 Å². The molecule has 0 unspecified atom stereocenters. The SMILES string of the molecule is O=C(O)c1cc(Cl)ccc1COc1cccc(F)c1. The smallest absolute Gasteiger partial charge is 0.336 e. The molecule has 2 rings (SSSR count). The number of carbonyl (C=O) groups is 1. The molecule has 19 heavy (non-hydrogen) atoms. The van der Waals surface area contributed by atoms with Crippen molar-refractivity contribution in [1.29, 1.82) is 0 Å². The fourth-order valence-electron chi connectivity index (χ4n) is 1.59. The van der Waals surface area contributed by atoms with Crippen molar-refractivity contribution in [2.45, 2.75) is 6.61 Å². The van der Waals surface area contributed by atoms with Gasteiger partial charge in [-0.2, -0.15) is 0 Å². The first-order valence-electron chi connectivity index (χ1n) is 5.46. The number of ether oxygens (including phenoxy) is 1. The minimum Gasteiger partial charge on any atom is -0.489 e. The average Bonchev–Trinajstić information content (AvgIpc) is 2.37. The summed E-state index contributed by atoms with van der Waals surface area (Å²) >= 11 is 5.75. The van der Waals surface area contributed by atoms with Crippen LogP contribution in [0.4, 0.5) is 4.39 Å². The van der Waals surface area contributed by atoms with Crippen LogP contribution < -0.4 is 4.74 Å². The van der Waals surface area contributed by atoms with Gasteiger partial charge in [0.2, 0.25) is 0 Å². The van der Waals surface area contributed by atoms with Crippen molar-refractivity contribution in [3.8, 4) is 5.75 Å². The summed E-state index contributed by atoms with van der Waals surface area (Å²) in [6, 6.07) is 10.2. The first-order valence-corrected chi connectivity index (χ1v) is 5.84. The molecule has 0 fully saturated rings. The summed E-state index contributed by atoms with van der Waals surface area (Å²) in [5.41, 5.74) is 0.546. The van der Waals surface area contributed by atoms with Gasteiger partial charge in [-0.15, -0.1) is 0 Å². The van der Waals surface area contributed by atoms with Crippen molar-refractivity contribution >= 4 is 17.6 Å². The van der Waals surface area contributed by atoms with E-state index >= 15 is 0 Å². The van der Waals surface area contributed by atoms with Crippen LogP contribution in [-0.2, 0) is 6.61 Å². The Morgan fingerprint density at radius 2 is 2.05 bits per heavy atom. The van der Waals surface area contributed by atoms with Crippen molar-refractivity contribution in [3.63, 3.8) is 0 Å². The van der Waals surface area contributed by atoms with E-state index < -0.39 is 11.8 Å². The molecule has 5 heteroatoms. The first-order chi connectivity index (χ1) is 9.06. The molecule has 0 amide bonds. The Hall–Kier alpha value is -2.07. The van der Waals surface area contributed by atoms with Crippen LogP contribution in [-0.4, -0.2) is 11.1 Å². The minimum atomic E-state index is -1.08. The van der Waals surface area contributed by atoms with Crippen molar-refractivity contribution < 1.29 is 19.0 Å². The lowest BCUT2D eigenvalue weighted by Gasteiger charge is -2.09. The highest BCUT2D eigenvalue weighted by atomic mass is 35.5. The van der Waals surface area contributed by atoms with Crippen LogP contribution in [0.25, 0.3) is 0 Å². The van der Waals surface area contributed by atoms with E-state index in [-0.39, 0.29) is 12.2 Å². The topological polar surface area (TPSA) is 46.5 Å². The Kier molecular flexibility index (Phi) is 4.02. The van der Waals surface area contributed by atoms with Crippen molar-refractivity contribution in [3.05, 3.63) is 64.4 Å². The molecule has 1 N–H and O–H groups in total. The highest BCUT2D eigenvalue weighted by molar-refractivity contribution is 6.30. The highest BCUT2D eigenvalue weighted by Gasteiger charge is 2.11. The monoisotopic (exact) mass is 280 g/mol. The van der Waals surface area contributed by atoms with Crippen LogP contribution in [0.1, 0.15) is 15.9 Å². The highest BCUT2D eigenvalue weighted by Crippen LogP contribution is 2.19. The molecule has 0 saturated carbocycles. The Morgan fingerprint density at radius 1 is 1.26 bits per heavy atom. The third-order valence-corrected chi connectivity index (χ3v) is 2.73. The third kappa shape index (κ3) is 3.45. The average molecular weight is 281 g/mol. The summed E-state index contributed by atoms with van der Waals surface area (Å²) in [7, 11) is 0. The number of hydrogen-bond donors (Lipinski definition) is 1. The van der Waals surface area contributed by atoms with Gasteiger partial charge in [-0.25, -0.2) is 9.18 Å². The zero-order valence-electron chi connectivity index (χ0n) is 9.77. The minimum absolute atomic E-state index is 0.0300. The summed E-state index contributed by atoms with van der Waals surface area (Å²) in [4.78, 5) is 11.1. The molecule has 0 radical (unpaired) electrons. The molecule has 0 aliphatic carbocycles. The number of rotatable bonds is 4. The molecular weight excluding hydrogens is 271 g/mol. The van der Waals surface area contributed by atoms with Gasteiger partial charge in [0.25, 0.3) is 0 Å². The van der Waals surface area contributed by atoms with Crippen molar-refractivity contribution in [2.24, 2.45) is 0 Å². The van der Waals surface area contributed by atoms with Gasteiger partial charge in [0, 0.05) is 16.7 Å². The Balaban J connectivity index is 2.17. The summed E-state index contributed by atoms with van der Waals surface area (Å²) < 4.78 is 18.3. The predicted molar refractivity (Wildman–Crippen MR) is 69.1 cm³/mol. The van der Waals surface area contributed by atoms with E-state index in [1.807, 2.05) is 0 Å². The maximum Gasteiger partial charge on any atom is 0.336 e. The largest absolute Gasteiger partial charge is 0.489 e. The van der Waals surface area contributed by atoms with Crippen LogP contribution in [0.2, 0.25) is 5.02 Å². The second-order valence-corrected chi connectivity index (χ2v) is 4.29. The van der Waals surface area contributed by atoms with E-state index in [2.05, 4.69) is 0 Å². The Bertz CT molecular complexity index is 613. The molecule has 0 aliphatic heterocycles. The molecule has 0 heterocycles. The molecule has 2 aromatic rings. The fourth-order valence-corrected chi connectivity index (χ4v) is 1.76. The first kappa shape index (κ1) is 13.4. The second kappa shape index (κ2) is 5.71. The van der Waals surface area contributed by atoms with Gasteiger partial charge in [-0.1, -0.05) is 23.7 Å². The van der Waals surface area contributed by atoms with Gasteiger partial charge in [-0.3, -0.25) is 0 Å². The Morgan fingerprint density at radius 3 is 2.74 bits per heavy atom. The van der Waals surface area contributed by atoms with E-state index in [4.69, 9.17) is 21.4 Å². The van der Waals surface area contributed by atoms with E-state index in [0.29, 0.717) is 16.3 Å². The molecule has 0 spiro atoms. The number of benzene rings is 2. The molecule has 0 aliphatic rings. The molecule has 0 aromatic heterocycles. The molecule has 0 saturated heterocycles. The number of hydrogen-bond acceptors (Lipinski definition) is 2. The Labute approximate surface area is 114 Å². The van der Waals surface area contributed by atoms with Crippen LogP contribution in [0.5, 0.6) is 5.75 Å². The van der Waals surface area contributed by atoms with Crippen LogP contribution in [0, 0.1) is 5.82 Å². The lowest BCUT2D eigenvalue weighted by molar-refractivity contribution is 0.0694. The molecule has 0 atom stereocenters.